The van der Waals surface area contributed by atoms with E-state index in [4.69, 9.17) is 19.2 Å². The van der Waals surface area contributed by atoms with Gasteiger partial charge in [0.05, 0.1) is 0 Å². The maximum atomic E-state index is 7.33. The quantitative estimate of drug-likeness (QED) is 0.332. The van der Waals surface area contributed by atoms with E-state index in [1.807, 2.05) is 0 Å². The summed E-state index contributed by atoms with van der Waals surface area (Å²) in [7, 11) is -4.61. The van der Waals surface area contributed by atoms with Crippen LogP contribution in [0, 0.1) is 0 Å². The molecule has 0 bridgehead atoms. The summed E-state index contributed by atoms with van der Waals surface area (Å²) >= 11 is 0. The first kappa shape index (κ1) is 16.2. The molecule has 0 amide bonds. The summed E-state index contributed by atoms with van der Waals surface area (Å²) in [6, 6.07) is 0. The summed E-state index contributed by atoms with van der Waals surface area (Å²) in [5, 5.41) is 0. The van der Waals surface area contributed by atoms with Crippen LogP contribution in [-0.2, 0) is 0 Å². The largest absolute Gasteiger partial charge is 0.316 e. The molecule has 40 valence electrons. The third kappa shape index (κ3) is 59.9. The van der Waals surface area contributed by atoms with Crippen LogP contribution in [0.4, 0.5) is 0 Å². The Hall–Kier alpha value is 2.39. The average Bonchev–Trinajstić information content (AvgIpc) is 0.722. The molecule has 0 unspecified atom stereocenters. The van der Waals surface area contributed by atoms with E-state index in [1.54, 1.807) is 0 Å². The van der Waals surface area contributed by atoms with E-state index in [-0.39, 0.29) is 71.9 Å². The van der Waals surface area contributed by atoms with Gasteiger partial charge >= 0.3 is 81.0 Å². The second-order valence-corrected chi connectivity index (χ2v) is 1.80. The van der Waals surface area contributed by atoms with Crippen molar-refractivity contribution < 1.29 is 19.2 Å². The Labute approximate surface area is 98.3 Å². The van der Waals surface area contributed by atoms with Gasteiger partial charge in [0.2, 0.25) is 0 Å². The molecule has 0 aromatic carbocycles. The Morgan fingerprint density at radius 2 is 0.857 bits per heavy atom. The van der Waals surface area contributed by atoms with E-state index in [1.165, 1.54) is 0 Å². The average molecular weight is 262 g/mol. The minimum atomic E-state index is -4.61. The van der Waals surface area contributed by atoms with E-state index >= 15 is 0 Å². The first-order valence-corrected chi connectivity index (χ1v) is 2.68. The molecule has 0 aliphatic rings. The van der Waals surface area contributed by atoms with Gasteiger partial charge in [-0.3, -0.25) is 0 Å². The molecule has 0 saturated carbocycles. The van der Waals surface area contributed by atoms with Crippen LogP contribution in [0.5, 0.6) is 0 Å². The number of hydrogen-bond donors (Lipinski definition) is 4. The normalized spacial score (nSPS) is 8.57. The van der Waals surface area contributed by atoms with Crippen LogP contribution in [0.3, 0.4) is 0 Å². The summed E-state index contributed by atoms with van der Waals surface area (Å²) in [4.78, 5) is 29.3. The summed E-state index contributed by atoms with van der Waals surface area (Å²) in [6.07, 6.45) is 0. The molecular weight excluding hydrogens is 254 g/mol. The summed E-state index contributed by atoms with van der Waals surface area (Å²) in [5.74, 6) is 0. The van der Waals surface area contributed by atoms with Crippen molar-refractivity contribution in [2.75, 3.05) is 0 Å². The maximum absolute atomic E-state index is 7.33. The molecule has 0 saturated heterocycles. The Balaban J connectivity index is -0.0000000800. The predicted molar refractivity (Wildman–Crippen MR) is 31.7 cm³/mol. The van der Waals surface area contributed by atoms with Crippen molar-refractivity contribution in [3.63, 3.8) is 0 Å². The van der Waals surface area contributed by atoms with Gasteiger partial charge in [0.1, 0.15) is 0 Å². The molecule has 0 aromatic rings. The van der Waals surface area contributed by atoms with Gasteiger partial charge in [-0.1, -0.05) is 0 Å². The van der Waals surface area contributed by atoms with Crippen molar-refractivity contribution in [1.29, 1.82) is 0 Å². The van der Waals surface area contributed by atoms with Crippen molar-refractivity contribution in [2.45, 2.75) is 0 Å². The molecular formula is H8BaMgO4Si. The van der Waals surface area contributed by atoms with E-state index in [2.05, 4.69) is 0 Å². The Morgan fingerprint density at radius 3 is 0.857 bits per heavy atom. The molecule has 7 heavy (non-hydrogen) atoms. The molecule has 0 rings (SSSR count). The fourth-order valence-corrected chi connectivity index (χ4v) is 0. The zero-order valence-electron chi connectivity index (χ0n) is 2.29. The van der Waals surface area contributed by atoms with Crippen LogP contribution in [0.25, 0.3) is 0 Å². The van der Waals surface area contributed by atoms with Gasteiger partial charge in [0, 0.05) is 0 Å². The second kappa shape index (κ2) is 6.51. The third-order valence-electron chi connectivity index (χ3n) is 0. The fourth-order valence-electron chi connectivity index (χ4n) is 0. The smallest absolute Gasteiger partial charge is 0.316 e. The number of hydrogen-bond acceptors (Lipinski definition) is 4. The zero-order valence-corrected chi connectivity index (χ0v) is 3.29. The first-order chi connectivity index (χ1) is 2.00. The maximum Gasteiger partial charge on any atom is 0.316 e. The fraction of sp³-hybridized carbons (Fsp3) is 0. The first-order valence-electron chi connectivity index (χ1n) is 0.894. The second-order valence-electron chi connectivity index (χ2n) is 0.600. The van der Waals surface area contributed by atoms with Gasteiger partial charge in [0.15, 0.2) is 0 Å². The summed E-state index contributed by atoms with van der Waals surface area (Å²) < 4.78 is 0. The molecule has 0 fully saturated rings. The molecule has 0 spiro atoms. The number of rotatable bonds is 0. The van der Waals surface area contributed by atoms with Gasteiger partial charge in [0.25, 0.3) is 0 Å². The minimum absolute atomic E-state index is 0. The van der Waals surface area contributed by atoms with E-state index in [0.717, 1.165) is 0 Å². The third-order valence-corrected chi connectivity index (χ3v) is 0. The summed E-state index contributed by atoms with van der Waals surface area (Å²) in [6.45, 7) is 0. The van der Waals surface area contributed by atoms with Gasteiger partial charge in [-0.05, 0) is 0 Å². The standard InChI is InChI=1S/Ba.Mg.H4O4Si.4H/c;;1-5(2,3)4;;;;/h;;1-4H;;;;. The van der Waals surface area contributed by atoms with Crippen molar-refractivity contribution in [2.24, 2.45) is 0 Å². The van der Waals surface area contributed by atoms with Crippen molar-refractivity contribution in [1.82, 2.24) is 0 Å². The van der Waals surface area contributed by atoms with Crippen LogP contribution < -0.4 is 0 Å². The van der Waals surface area contributed by atoms with Crippen LogP contribution in [0.15, 0.2) is 0 Å². The SMILES string of the molecule is O[Si](O)(O)O.[BaH2].[MgH2]. The van der Waals surface area contributed by atoms with E-state index < -0.39 is 9.05 Å². The van der Waals surface area contributed by atoms with E-state index in [9.17, 15) is 0 Å². The molecule has 0 radical (unpaired) electrons. The molecule has 0 atom stereocenters. The van der Waals surface area contributed by atoms with E-state index in [0.29, 0.717) is 0 Å². The molecule has 4 nitrogen and oxygen atoms in total. The summed E-state index contributed by atoms with van der Waals surface area (Å²) in [5.41, 5.74) is 0. The van der Waals surface area contributed by atoms with Crippen molar-refractivity contribution in [3.8, 4) is 0 Å². The molecule has 0 heterocycles. The van der Waals surface area contributed by atoms with Gasteiger partial charge in [-0.2, -0.15) is 0 Å². The van der Waals surface area contributed by atoms with Gasteiger partial charge < -0.3 is 19.2 Å². The van der Waals surface area contributed by atoms with Gasteiger partial charge in [-0.15, -0.1) is 0 Å². The molecule has 0 aliphatic heterocycles. The molecule has 7 heteroatoms. The molecule has 0 aromatic heterocycles. The molecule has 0 aliphatic carbocycles. The van der Waals surface area contributed by atoms with Crippen molar-refractivity contribution in [3.05, 3.63) is 0 Å². The Morgan fingerprint density at radius 1 is 0.857 bits per heavy atom. The topological polar surface area (TPSA) is 80.9 Å². The zero-order chi connectivity index (χ0) is 4.50. The predicted octanol–water partition coefficient (Wildman–Crippen LogP) is -4.44. The monoisotopic (exact) mass is 262 g/mol. The van der Waals surface area contributed by atoms with Crippen LogP contribution in [-0.4, -0.2) is 100 Å². The Kier molecular flexibility index (Phi) is 15.1. The van der Waals surface area contributed by atoms with Crippen molar-refractivity contribution >= 4 is 81.0 Å². The minimum Gasteiger partial charge on any atom is 0.316 e. The van der Waals surface area contributed by atoms with Gasteiger partial charge in [-0.25, -0.2) is 0 Å². The van der Waals surface area contributed by atoms with Crippen LogP contribution >= 0.6 is 0 Å². The van der Waals surface area contributed by atoms with Crippen LogP contribution in [0.1, 0.15) is 0 Å². The van der Waals surface area contributed by atoms with Crippen LogP contribution in [0.2, 0.25) is 0 Å². The Bertz CT molecular complexity index is 27.2. The molecule has 4 N–H and O–H groups in total.